The van der Waals surface area contributed by atoms with E-state index in [1.807, 2.05) is 37.3 Å². The van der Waals surface area contributed by atoms with Crippen LogP contribution in [0.2, 0.25) is 0 Å². The molecule has 0 fully saturated rings. The van der Waals surface area contributed by atoms with Crippen molar-refractivity contribution in [3.05, 3.63) is 35.9 Å². The maximum atomic E-state index is 11.7. The molecule has 0 aromatic heterocycles. The van der Waals surface area contributed by atoms with E-state index in [0.29, 0.717) is 0 Å². The molecule has 1 rings (SSSR count). The van der Waals surface area contributed by atoms with Gasteiger partial charge in [-0.2, -0.15) is 0 Å². The minimum Gasteiger partial charge on any atom is -0.481 e. The molecule has 3 N–H and O–H groups in total. The maximum Gasteiger partial charge on any atom is 0.315 e. The standard InChI is InChI=1S/C14H20N2O3/c1-3-12(11-7-5-4-6-8-11)16-14(19)15-9-10(2)13(17)18/h4-8,10,12H,3,9H2,1-2H3,(H,17,18)(H2,15,16,19). The van der Waals surface area contributed by atoms with E-state index >= 15 is 0 Å². The number of nitrogens with one attached hydrogen (secondary N) is 2. The molecule has 19 heavy (non-hydrogen) atoms. The number of aliphatic carboxylic acids is 1. The third-order valence-corrected chi connectivity index (χ3v) is 2.91. The summed E-state index contributed by atoms with van der Waals surface area (Å²) in [6.45, 7) is 3.65. The van der Waals surface area contributed by atoms with Crippen LogP contribution in [-0.4, -0.2) is 23.7 Å². The third-order valence-electron chi connectivity index (χ3n) is 2.91. The average Bonchev–Trinajstić information content (AvgIpc) is 2.42. The van der Waals surface area contributed by atoms with E-state index in [1.165, 1.54) is 0 Å². The molecule has 2 atom stereocenters. The highest BCUT2D eigenvalue weighted by Crippen LogP contribution is 2.15. The van der Waals surface area contributed by atoms with Gasteiger partial charge < -0.3 is 15.7 Å². The van der Waals surface area contributed by atoms with Crippen LogP contribution in [0.25, 0.3) is 0 Å². The Kier molecular flexibility index (Phi) is 5.85. The van der Waals surface area contributed by atoms with Crippen molar-refractivity contribution in [1.82, 2.24) is 10.6 Å². The van der Waals surface area contributed by atoms with Crippen LogP contribution in [0.15, 0.2) is 30.3 Å². The van der Waals surface area contributed by atoms with E-state index < -0.39 is 11.9 Å². The highest BCUT2D eigenvalue weighted by molar-refractivity contribution is 5.76. The van der Waals surface area contributed by atoms with Gasteiger partial charge in [-0.05, 0) is 12.0 Å². The summed E-state index contributed by atoms with van der Waals surface area (Å²) in [7, 11) is 0. The zero-order valence-corrected chi connectivity index (χ0v) is 11.2. The summed E-state index contributed by atoms with van der Waals surface area (Å²) < 4.78 is 0. The number of amides is 2. The van der Waals surface area contributed by atoms with Crippen molar-refractivity contribution in [2.75, 3.05) is 6.54 Å². The number of benzene rings is 1. The van der Waals surface area contributed by atoms with Gasteiger partial charge in [-0.3, -0.25) is 4.79 Å². The predicted molar refractivity (Wildman–Crippen MR) is 72.8 cm³/mol. The fraction of sp³-hybridized carbons (Fsp3) is 0.429. The van der Waals surface area contributed by atoms with Gasteiger partial charge in [-0.15, -0.1) is 0 Å². The van der Waals surface area contributed by atoms with Gasteiger partial charge in [0.2, 0.25) is 0 Å². The van der Waals surface area contributed by atoms with Crippen LogP contribution < -0.4 is 10.6 Å². The molecule has 104 valence electrons. The van der Waals surface area contributed by atoms with E-state index in [9.17, 15) is 9.59 Å². The van der Waals surface area contributed by atoms with E-state index in [4.69, 9.17) is 5.11 Å². The van der Waals surface area contributed by atoms with Crippen molar-refractivity contribution in [3.63, 3.8) is 0 Å². The Morgan fingerprint density at radius 2 is 1.89 bits per heavy atom. The summed E-state index contributed by atoms with van der Waals surface area (Å²) in [5, 5.41) is 14.1. The molecule has 0 bridgehead atoms. The summed E-state index contributed by atoms with van der Waals surface area (Å²) in [5.41, 5.74) is 1.03. The number of carbonyl (C=O) groups is 2. The molecule has 2 unspecified atom stereocenters. The lowest BCUT2D eigenvalue weighted by molar-refractivity contribution is -0.140. The molecule has 0 aliphatic heterocycles. The highest BCUT2D eigenvalue weighted by Gasteiger charge is 2.15. The van der Waals surface area contributed by atoms with Crippen LogP contribution in [0.3, 0.4) is 0 Å². The number of carbonyl (C=O) groups excluding carboxylic acids is 1. The molecule has 0 spiro atoms. The Morgan fingerprint density at radius 1 is 1.26 bits per heavy atom. The summed E-state index contributed by atoms with van der Waals surface area (Å²) in [6, 6.07) is 9.26. The van der Waals surface area contributed by atoms with E-state index in [1.54, 1.807) is 6.92 Å². The molecule has 2 amide bonds. The van der Waals surface area contributed by atoms with Gasteiger partial charge in [0.25, 0.3) is 0 Å². The Morgan fingerprint density at radius 3 is 2.42 bits per heavy atom. The van der Waals surface area contributed by atoms with Gasteiger partial charge in [0, 0.05) is 6.54 Å². The van der Waals surface area contributed by atoms with Gasteiger partial charge >= 0.3 is 12.0 Å². The first-order valence-electron chi connectivity index (χ1n) is 6.36. The van der Waals surface area contributed by atoms with Gasteiger partial charge in [0.15, 0.2) is 0 Å². The van der Waals surface area contributed by atoms with E-state index in [0.717, 1.165) is 12.0 Å². The lowest BCUT2D eigenvalue weighted by Crippen LogP contribution is -2.40. The van der Waals surface area contributed by atoms with Crippen molar-refractivity contribution in [2.24, 2.45) is 5.92 Å². The molecule has 0 aliphatic rings. The molecule has 0 aliphatic carbocycles. The molecule has 0 radical (unpaired) electrons. The maximum absolute atomic E-state index is 11.7. The van der Waals surface area contributed by atoms with Crippen molar-refractivity contribution < 1.29 is 14.7 Å². The highest BCUT2D eigenvalue weighted by atomic mass is 16.4. The quantitative estimate of drug-likeness (QED) is 0.736. The largest absolute Gasteiger partial charge is 0.481 e. The lowest BCUT2D eigenvalue weighted by atomic mass is 10.1. The van der Waals surface area contributed by atoms with Crippen LogP contribution in [0.1, 0.15) is 31.9 Å². The number of carboxylic acids is 1. The zero-order chi connectivity index (χ0) is 14.3. The van der Waals surface area contributed by atoms with E-state index in [-0.39, 0.29) is 18.6 Å². The van der Waals surface area contributed by atoms with Gasteiger partial charge in [0.05, 0.1) is 12.0 Å². The molecular formula is C14H20N2O3. The van der Waals surface area contributed by atoms with Crippen molar-refractivity contribution in [1.29, 1.82) is 0 Å². The normalized spacial score (nSPS) is 13.4. The van der Waals surface area contributed by atoms with E-state index in [2.05, 4.69) is 10.6 Å². The van der Waals surface area contributed by atoms with Gasteiger partial charge in [-0.25, -0.2) is 4.79 Å². The number of urea groups is 1. The second-order valence-electron chi connectivity index (χ2n) is 4.47. The van der Waals surface area contributed by atoms with Crippen LogP contribution in [-0.2, 0) is 4.79 Å². The summed E-state index contributed by atoms with van der Waals surface area (Å²) in [5.74, 6) is -1.52. The Hall–Kier alpha value is -2.04. The van der Waals surface area contributed by atoms with Crippen LogP contribution in [0, 0.1) is 5.92 Å². The van der Waals surface area contributed by atoms with Crippen LogP contribution in [0.5, 0.6) is 0 Å². The second kappa shape index (κ2) is 7.41. The van der Waals surface area contributed by atoms with Crippen LogP contribution in [0.4, 0.5) is 4.79 Å². The summed E-state index contributed by atoms with van der Waals surface area (Å²) >= 11 is 0. The molecule has 1 aromatic carbocycles. The van der Waals surface area contributed by atoms with Crippen molar-refractivity contribution >= 4 is 12.0 Å². The Balaban J connectivity index is 2.48. The fourth-order valence-corrected chi connectivity index (χ4v) is 1.65. The van der Waals surface area contributed by atoms with Gasteiger partial charge in [0.1, 0.15) is 0 Å². The summed E-state index contributed by atoms with van der Waals surface area (Å²) in [4.78, 5) is 22.3. The molecule has 0 saturated heterocycles. The fourth-order valence-electron chi connectivity index (χ4n) is 1.65. The molecule has 5 nitrogen and oxygen atoms in total. The molecule has 5 heteroatoms. The minimum absolute atomic E-state index is 0.0682. The number of hydrogen-bond acceptors (Lipinski definition) is 2. The summed E-state index contributed by atoms with van der Waals surface area (Å²) in [6.07, 6.45) is 0.770. The molecule has 0 saturated carbocycles. The smallest absolute Gasteiger partial charge is 0.315 e. The molecule has 1 aromatic rings. The van der Waals surface area contributed by atoms with Gasteiger partial charge in [-0.1, -0.05) is 44.2 Å². The second-order valence-corrected chi connectivity index (χ2v) is 4.47. The first-order valence-corrected chi connectivity index (χ1v) is 6.36. The Labute approximate surface area is 113 Å². The third kappa shape index (κ3) is 4.99. The van der Waals surface area contributed by atoms with Crippen molar-refractivity contribution in [3.8, 4) is 0 Å². The molecule has 0 heterocycles. The SMILES string of the molecule is CCC(NC(=O)NCC(C)C(=O)O)c1ccccc1. The Bertz CT molecular complexity index is 420. The van der Waals surface area contributed by atoms with Crippen molar-refractivity contribution in [2.45, 2.75) is 26.3 Å². The molecular weight excluding hydrogens is 244 g/mol. The first-order chi connectivity index (χ1) is 9.04. The number of carboxylic acid groups (broad SMARTS) is 1. The predicted octanol–water partition coefficient (Wildman–Crippen LogP) is 2.16. The number of hydrogen-bond donors (Lipinski definition) is 3. The first kappa shape index (κ1) is 15.0. The monoisotopic (exact) mass is 264 g/mol. The zero-order valence-electron chi connectivity index (χ0n) is 11.2. The minimum atomic E-state index is -0.921. The lowest BCUT2D eigenvalue weighted by Gasteiger charge is -2.18. The average molecular weight is 264 g/mol. The van der Waals surface area contributed by atoms with Crippen LogP contribution >= 0.6 is 0 Å². The topological polar surface area (TPSA) is 78.4 Å². The number of rotatable bonds is 6.